The summed E-state index contributed by atoms with van der Waals surface area (Å²) < 4.78 is 0.888. The van der Waals surface area contributed by atoms with Gasteiger partial charge in [-0.1, -0.05) is 25.4 Å². The van der Waals surface area contributed by atoms with Crippen LogP contribution in [0.1, 0.15) is 13.8 Å². The molecule has 0 saturated heterocycles. The maximum absolute atomic E-state index is 11.5. The third-order valence-corrected chi connectivity index (χ3v) is 3.00. The second-order valence-corrected chi connectivity index (χ2v) is 5.47. The second-order valence-electron chi connectivity index (χ2n) is 4.18. The van der Waals surface area contributed by atoms with Gasteiger partial charge >= 0.3 is 0 Å². The van der Waals surface area contributed by atoms with E-state index in [-0.39, 0.29) is 12.5 Å². The van der Waals surface area contributed by atoms with Crippen molar-refractivity contribution < 1.29 is 4.79 Å². The zero-order valence-corrected chi connectivity index (χ0v) is 12.2. The van der Waals surface area contributed by atoms with Crippen molar-refractivity contribution in [3.8, 4) is 0 Å². The molecule has 0 aliphatic rings. The number of hydrogen-bond acceptors (Lipinski definition) is 2. The predicted molar refractivity (Wildman–Crippen MR) is 75.5 cm³/mol. The Morgan fingerprint density at radius 2 is 2.18 bits per heavy atom. The smallest absolute Gasteiger partial charge is 0.239 e. The van der Waals surface area contributed by atoms with Crippen LogP contribution in [-0.2, 0) is 4.79 Å². The highest BCUT2D eigenvalue weighted by atomic mass is 79.9. The molecule has 0 radical (unpaired) electrons. The molecule has 0 saturated carbocycles. The Labute approximate surface area is 115 Å². The molecule has 0 fully saturated rings. The number of carbonyl (C=O) groups is 1. The summed E-state index contributed by atoms with van der Waals surface area (Å²) in [7, 11) is 0. The maximum atomic E-state index is 11.5. The number of anilines is 1. The van der Waals surface area contributed by atoms with Crippen LogP contribution < -0.4 is 10.6 Å². The third kappa shape index (κ3) is 5.41. The molecule has 1 aromatic rings. The number of nitrogens with one attached hydrogen (secondary N) is 2. The van der Waals surface area contributed by atoms with Gasteiger partial charge in [-0.25, -0.2) is 0 Å². The summed E-state index contributed by atoms with van der Waals surface area (Å²) in [5.74, 6) is 0.433. The van der Waals surface area contributed by atoms with Crippen LogP contribution in [0.15, 0.2) is 22.7 Å². The van der Waals surface area contributed by atoms with Crippen molar-refractivity contribution in [2.24, 2.45) is 5.92 Å². The van der Waals surface area contributed by atoms with E-state index in [0.29, 0.717) is 17.5 Å². The summed E-state index contributed by atoms with van der Waals surface area (Å²) in [5.41, 5.74) is 0.817. The Bertz CT molecular complexity index is 396. The van der Waals surface area contributed by atoms with Crippen LogP contribution in [0.2, 0.25) is 5.02 Å². The molecular weight excluding hydrogens is 304 g/mol. The van der Waals surface area contributed by atoms with Crippen molar-refractivity contribution >= 4 is 39.1 Å². The normalized spacial score (nSPS) is 10.4. The van der Waals surface area contributed by atoms with Crippen molar-refractivity contribution in [2.45, 2.75) is 13.8 Å². The molecule has 94 valence electrons. The minimum Gasteiger partial charge on any atom is -0.375 e. The molecular formula is C12H16BrClN2O. The Morgan fingerprint density at radius 3 is 2.82 bits per heavy atom. The molecule has 0 unspecified atom stereocenters. The van der Waals surface area contributed by atoms with Gasteiger partial charge in [-0.15, -0.1) is 0 Å². The van der Waals surface area contributed by atoms with Gasteiger partial charge in [0.1, 0.15) is 0 Å². The average molecular weight is 320 g/mol. The van der Waals surface area contributed by atoms with E-state index in [1.54, 1.807) is 12.1 Å². The zero-order valence-electron chi connectivity index (χ0n) is 9.89. The van der Waals surface area contributed by atoms with E-state index < -0.39 is 0 Å². The molecule has 0 atom stereocenters. The molecule has 17 heavy (non-hydrogen) atoms. The van der Waals surface area contributed by atoms with Gasteiger partial charge in [0, 0.05) is 16.0 Å². The van der Waals surface area contributed by atoms with Gasteiger partial charge in [0.15, 0.2) is 0 Å². The Balaban J connectivity index is 2.44. The molecule has 0 aliphatic heterocycles. The van der Waals surface area contributed by atoms with E-state index in [9.17, 15) is 4.79 Å². The summed E-state index contributed by atoms with van der Waals surface area (Å²) >= 11 is 9.26. The quantitative estimate of drug-likeness (QED) is 0.874. The summed E-state index contributed by atoms with van der Waals surface area (Å²) in [4.78, 5) is 11.5. The van der Waals surface area contributed by atoms with E-state index in [1.165, 1.54) is 0 Å². The predicted octanol–water partition coefficient (Wildman–Crippen LogP) is 3.29. The standard InChI is InChI=1S/C12H16BrClN2O/c1-8(2)6-16-12(17)7-15-11-5-9(14)3-4-10(11)13/h3-5,8,15H,6-7H2,1-2H3,(H,16,17). The Morgan fingerprint density at radius 1 is 1.47 bits per heavy atom. The van der Waals surface area contributed by atoms with Gasteiger partial charge in [-0.2, -0.15) is 0 Å². The van der Waals surface area contributed by atoms with Gasteiger partial charge in [0.2, 0.25) is 5.91 Å². The van der Waals surface area contributed by atoms with Crippen molar-refractivity contribution in [2.75, 3.05) is 18.4 Å². The highest BCUT2D eigenvalue weighted by Crippen LogP contribution is 2.25. The largest absolute Gasteiger partial charge is 0.375 e. The molecule has 0 bridgehead atoms. The lowest BCUT2D eigenvalue weighted by Gasteiger charge is -2.10. The second kappa shape index (κ2) is 6.87. The SMILES string of the molecule is CC(C)CNC(=O)CNc1cc(Cl)ccc1Br. The summed E-state index contributed by atoms with van der Waals surface area (Å²) in [6.07, 6.45) is 0. The van der Waals surface area contributed by atoms with Crippen LogP contribution in [0.25, 0.3) is 0 Å². The monoisotopic (exact) mass is 318 g/mol. The van der Waals surface area contributed by atoms with Gasteiger partial charge in [-0.3, -0.25) is 4.79 Å². The lowest BCUT2D eigenvalue weighted by atomic mass is 10.2. The van der Waals surface area contributed by atoms with Gasteiger partial charge in [-0.05, 0) is 40.0 Å². The van der Waals surface area contributed by atoms with Gasteiger partial charge < -0.3 is 10.6 Å². The number of rotatable bonds is 5. The van der Waals surface area contributed by atoms with Crippen LogP contribution in [-0.4, -0.2) is 19.0 Å². The highest BCUT2D eigenvalue weighted by Gasteiger charge is 2.04. The van der Waals surface area contributed by atoms with Crippen molar-refractivity contribution in [3.63, 3.8) is 0 Å². The highest BCUT2D eigenvalue weighted by molar-refractivity contribution is 9.10. The zero-order chi connectivity index (χ0) is 12.8. The minimum atomic E-state index is -0.0226. The first-order valence-electron chi connectivity index (χ1n) is 5.44. The van der Waals surface area contributed by atoms with E-state index in [2.05, 4.69) is 40.4 Å². The summed E-state index contributed by atoms with van der Waals surface area (Å²) in [6, 6.07) is 5.41. The number of benzene rings is 1. The fourth-order valence-electron chi connectivity index (χ4n) is 1.19. The summed E-state index contributed by atoms with van der Waals surface area (Å²) in [5, 5.41) is 6.51. The molecule has 0 aromatic heterocycles. The fraction of sp³-hybridized carbons (Fsp3) is 0.417. The van der Waals surface area contributed by atoms with Crippen molar-refractivity contribution in [3.05, 3.63) is 27.7 Å². The third-order valence-electron chi connectivity index (χ3n) is 2.08. The molecule has 5 heteroatoms. The lowest BCUT2D eigenvalue weighted by Crippen LogP contribution is -2.32. The lowest BCUT2D eigenvalue weighted by molar-refractivity contribution is -0.119. The first-order valence-corrected chi connectivity index (χ1v) is 6.61. The number of carbonyl (C=O) groups excluding carboxylic acids is 1. The van der Waals surface area contributed by atoms with E-state index in [1.807, 2.05) is 6.07 Å². The number of halogens is 2. The molecule has 1 amide bonds. The number of hydrogen-bond donors (Lipinski definition) is 2. The van der Waals surface area contributed by atoms with E-state index in [0.717, 1.165) is 10.2 Å². The molecule has 0 aliphatic carbocycles. The van der Waals surface area contributed by atoms with Crippen LogP contribution >= 0.6 is 27.5 Å². The first-order chi connectivity index (χ1) is 7.99. The van der Waals surface area contributed by atoms with Crippen molar-refractivity contribution in [1.29, 1.82) is 0 Å². The molecule has 0 heterocycles. The maximum Gasteiger partial charge on any atom is 0.239 e. The molecule has 2 N–H and O–H groups in total. The fourth-order valence-corrected chi connectivity index (χ4v) is 1.75. The molecule has 0 spiro atoms. The van der Waals surface area contributed by atoms with E-state index in [4.69, 9.17) is 11.6 Å². The van der Waals surface area contributed by atoms with Crippen molar-refractivity contribution in [1.82, 2.24) is 5.32 Å². The molecule has 3 nitrogen and oxygen atoms in total. The summed E-state index contributed by atoms with van der Waals surface area (Å²) in [6.45, 7) is 5.05. The average Bonchev–Trinajstić information content (AvgIpc) is 2.27. The topological polar surface area (TPSA) is 41.1 Å². The van der Waals surface area contributed by atoms with E-state index >= 15 is 0 Å². The molecule has 1 aromatic carbocycles. The Kier molecular flexibility index (Phi) is 5.78. The van der Waals surface area contributed by atoms with Crippen LogP contribution in [0, 0.1) is 5.92 Å². The van der Waals surface area contributed by atoms with Crippen LogP contribution in [0.4, 0.5) is 5.69 Å². The van der Waals surface area contributed by atoms with Crippen LogP contribution in [0.5, 0.6) is 0 Å². The van der Waals surface area contributed by atoms with Gasteiger partial charge in [0.25, 0.3) is 0 Å². The minimum absolute atomic E-state index is 0.0226. The van der Waals surface area contributed by atoms with Crippen LogP contribution in [0.3, 0.4) is 0 Å². The Hall–Kier alpha value is -0.740. The first kappa shape index (κ1) is 14.3. The van der Waals surface area contributed by atoms with Gasteiger partial charge in [0.05, 0.1) is 12.2 Å². The molecule has 1 rings (SSSR count). The number of amides is 1.